The van der Waals surface area contributed by atoms with Gasteiger partial charge in [-0.05, 0) is 219 Å². The summed E-state index contributed by atoms with van der Waals surface area (Å²) < 4.78 is 6.29. The molecule has 18 rings (SSSR count). The molecule has 0 radical (unpaired) electrons. The van der Waals surface area contributed by atoms with Gasteiger partial charge >= 0.3 is 0 Å². The van der Waals surface area contributed by atoms with Crippen molar-refractivity contribution in [3.63, 3.8) is 0 Å². The molecule has 18 heteroatoms. The number of nitrogens with zero attached hydrogens (tertiary/aromatic N) is 6. The zero-order valence-electron chi connectivity index (χ0n) is 64.4. The van der Waals surface area contributed by atoms with Gasteiger partial charge in [-0.15, -0.1) is 0 Å². The molecule has 15 nitrogen and oxygen atoms in total. The van der Waals surface area contributed by atoms with E-state index in [1.165, 1.54) is 33.4 Å². The Morgan fingerprint density at radius 1 is 0.360 bits per heavy atom. The minimum Gasteiger partial charge on any atom is -0.356 e. The number of rotatable bonds is 17. The van der Waals surface area contributed by atoms with Crippen LogP contribution in [0.1, 0.15) is 127 Å². The van der Waals surface area contributed by atoms with Gasteiger partial charge in [-0.2, -0.15) is 0 Å². The second-order valence-corrected chi connectivity index (χ2v) is 33.3. The molecule has 6 aliphatic rings. The highest BCUT2D eigenvalue weighted by Gasteiger charge is 2.36. The highest BCUT2D eigenvalue weighted by molar-refractivity contribution is 6.31. The number of fused-ring (bicyclic) bond motifs is 6. The second-order valence-electron chi connectivity index (χ2n) is 32.0. The number of carbonyl (C=O) groups is 6. The average Bonchev–Trinajstić information content (AvgIpc) is 1.63. The van der Waals surface area contributed by atoms with Gasteiger partial charge in [0.2, 0.25) is 17.7 Å². The molecule has 6 amide bonds. The summed E-state index contributed by atoms with van der Waals surface area (Å²) in [6, 6.07) is 79.4. The van der Waals surface area contributed by atoms with Crippen molar-refractivity contribution in [1.29, 1.82) is 0 Å². The molecule has 3 saturated heterocycles. The van der Waals surface area contributed by atoms with Gasteiger partial charge in [-0.1, -0.05) is 199 Å². The van der Waals surface area contributed by atoms with Gasteiger partial charge in [0, 0.05) is 143 Å². The van der Waals surface area contributed by atoms with E-state index in [-0.39, 0.29) is 65.3 Å². The number of hydrogen-bond acceptors (Lipinski definition) is 6. The van der Waals surface area contributed by atoms with Crippen LogP contribution in [0.4, 0.5) is 0 Å². The monoisotopic (exact) mass is 1580 g/mol. The number of halogens is 3. The van der Waals surface area contributed by atoms with Crippen molar-refractivity contribution in [1.82, 2.24) is 44.4 Å². The van der Waals surface area contributed by atoms with Crippen LogP contribution >= 0.6 is 34.8 Å². The largest absolute Gasteiger partial charge is 0.356 e. The van der Waals surface area contributed by atoms with Crippen molar-refractivity contribution < 1.29 is 28.8 Å². The maximum Gasteiger partial charge on any atom is 0.270 e. The second kappa shape index (κ2) is 34.9. The maximum absolute atomic E-state index is 13.8. The van der Waals surface area contributed by atoms with Crippen LogP contribution in [0.2, 0.25) is 15.1 Å². The number of piperidine rings is 3. The maximum atomic E-state index is 13.8. The number of benzene rings is 9. The van der Waals surface area contributed by atoms with Crippen LogP contribution in [0, 0.1) is 29.6 Å². The van der Waals surface area contributed by atoms with Crippen molar-refractivity contribution in [2.75, 3.05) is 45.8 Å². The molecule has 3 fully saturated rings. The van der Waals surface area contributed by atoms with Gasteiger partial charge in [0.25, 0.3) is 17.7 Å². The van der Waals surface area contributed by atoms with Crippen molar-refractivity contribution in [3.8, 4) is 0 Å². The van der Waals surface area contributed by atoms with Crippen LogP contribution in [0.15, 0.2) is 237 Å². The molecule has 3 aliphatic heterocycles. The van der Waals surface area contributed by atoms with E-state index in [0.29, 0.717) is 141 Å². The van der Waals surface area contributed by atoms with E-state index < -0.39 is 0 Å². The van der Waals surface area contributed by atoms with Crippen molar-refractivity contribution in [3.05, 3.63) is 319 Å². The summed E-state index contributed by atoms with van der Waals surface area (Å²) in [6.07, 6.45) is 10.1. The first-order chi connectivity index (χ1) is 55.6. The molecule has 9 aromatic carbocycles. The first-order valence-electron chi connectivity index (χ1n) is 40.5. The molecule has 0 bridgehead atoms. The Morgan fingerprint density at radius 2 is 0.658 bits per heavy atom. The van der Waals surface area contributed by atoms with E-state index in [1.807, 2.05) is 160 Å². The fraction of sp³-hybridized carbons (Fsp3) is 0.312. The Labute approximate surface area is 681 Å². The molecule has 0 spiro atoms. The molecule has 1 unspecified atom stereocenters. The number of aromatic nitrogens is 3. The minimum absolute atomic E-state index is 0.0234. The lowest BCUT2D eigenvalue weighted by molar-refractivity contribution is -0.127. The summed E-state index contributed by atoms with van der Waals surface area (Å²) in [5, 5.41) is 15.0. The highest BCUT2D eigenvalue weighted by Crippen LogP contribution is 2.34. The molecular formula is C96H96Cl3N9O6. The zero-order valence-corrected chi connectivity index (χ0v) is 66.6. The summed E-state index contributed by atoms with van der Waals surface area (Å²) in [6.45, 7) is 8.16. The van der Waals surface area contributed by atoms with Crippen LogP contribution in [-0.4, -0.2) is 122 Å². The lowest BCUT2D eigenvalue weighted by Crippen LogP contribution is -2.46. The van der Waals surface area contributed by atoms with Crippen LogP contribution in [0.5, 0.6) is 0 Å². The van der Waals surface area contributed by atoms with E-state index in [1.54, 1.807) is 0 Å². The smallest absolute Gasteiger partial charge is 0.270 e. The highest BCUT2D eigenvalue weighted by atomic mass is 35.5. The third-order valence-corrected chi connectivity index (χ3v) is 25.3. The summed E-state index contributed by atoms with van der Waals surface area (Å²) in [5.41, 5.74) is 16.7. The third-order valence-electron chi connectivity index (χ3n) is 24.6. The predicted molar refractivity (Wildman–Crippen MR) is 454 cm³/mol. The van der Waals surface area contributed by atoms with Gasteiger partial charge in [-0.25, -0.2) is 0 Å². The Morgan fingerprint density at radius 3 is 1.01 bits per heavy atom. The van der Waals surface area contributed by atoms with Crippen LogP contribution < -0.4 is 16.0 Å². The molecule has 1 atom stereocenters. The third kappa shape index (κ3) is 17.6. The molecular weight excluding hydrogens is 1480 g/mol. The van der Waals surface area contributed by atoms with Gasteiger partial charge < -0.3 is 44.4 Å². The van der Waals surface area contributed by atoms with Crippen molar-refractivity contribution in [2.24, 2.45) is 29.6 Å². The molecule has 3 aromatic heterocycles. The molecule has 114 heavy (non-hydrogen) atoms. The van der Waals surface area contributed by atoms with E-state index in [2.05, 4.69) is 128 Å². The fourth-order valence-electron chi connectivity index (χ4n) is 18.1. The lowest BCUT2D eigenvalue weighted by Gasteiger charge is -2.32. The fourth-order valence-corrected chi connectivity index (χ4v) is 18.5. The van der Waals surface area contributed by atoms with E-state index in [9.17, 15) is 28.8 Å². The molecule has 582 valence electrons. The van der Waals surface area contributed by atoms with Crippen molar-refractivity contribution in [2.45, 2.75) is 116 Å². The Bertz CT molecular complexity index is 5420. The van der Waals surface area contributed by atoms with Crippen LogP contribution in [-0.2, 0) is 72.5 Å². The predicted octanol–water partition coefficient (Wildman–Crippen LogP) is 17.3. The van der Waals surface area contributed by atoms with Crippen LogP contribution in [0.3, 0.4) is 0 Å². The van der Waals surface area contributed by atoms with Gasteiger partial charge in [0.15, 0.2) is 0 Å². The molecule has 0 saturated carbocycles. The first kappa shape index (κ1) is 77.2. The van der Waals surface area contributed by atoms with E-state index >= 15 is 0 Å². The average molecular weight is 1580 g/mol. The van der Waals surface area contributed by atoms with Gasteiger partial charge in [-0.3, -0.25) is 28.8 Å². The quantitative estimate of drug-likeness (QED) is 0.0822. The SMILES string of the molecule is CC(NC(=O)C1CCN(C(=O)c2cc3ccccc3n2Cc2ccc(Cl)cc2)CC1)C1Cc2ccccc2C1.O=C(NC1Cc2ccccc2C1)C1CCN(C(=O)c2cc3ccccc3n2Cc2ccc(Cl)cc2)CC1.O=C(NCC1Cc2ccccc2C1)C1CCN(C(=O)c2cc3ccccc3n2Cc2ccc(Cl)cc2)CC1. The van der Waals surface area contributed by atoms with Gasteiger partial charge in [0.05, 0.1) is 0 Å². The molecule has 3 aliphatic carbocycles. The Hall–Kier alpha value is -10.7. The Kier molecular flexibility index (Phi) is 23.7. The Balaban J connectivity index is 0.000000129. The van der Waals surface area contributed by atoms with Crippen molar-refractivity contribution >= 4 is 103 Å². The summed E-state index contributed by atoms with van der Waals surface area (Å²) >= 11 is 18.2. The van der Waals surface area contributed by atoms with E-state index in [0.717, 1.165) is 94.5 Å². The number of carbonyl (C=O) groups excluding carboxylic acids is 6. The molecule has 12 aromatic rings. The number of para-hydroxylation sites is 3. The lowest BCUT2D eigenvalue weighted by atomic mass is 9.93. The van der Waals surface area contributed by atoms with E-state index in [4.69, 9.17) is 34.8 Å². The number of amides is 6. The number of hydrogen-bond donors (Lipinski definition) is 3. The molecule has 6 heterocycles. The van der Waals surface area contributed by atoms with Crippen LogP contribution in [0.25, 0.3) is 32.7 Å². The standard InChI is InChI=1S/C33H34ClN3O2.C32H32ClN3O2.C31H30ClN3O2/c1-22(28-18-25-6-2-3-7-26(25)19-28)35-32(38)24-14-16-36(17-15-24)33(39)31-20-27-8-4-5-9-30(27)37(31)21-23-10-12-29(34)13-11-23;33-28-11-9-22(10-12-28)21-36-29-8-4-3-7-27(29)19-30(36)32(38)35-15-13-24(14-16-35)31(37)34-20-23-17-25-5-1-2-6-26(25)18-23;32-26-11-9-21(10-12-26)20-35-28-8-4-3-7-25(28)19-29(35)31(37)34-15-13-22(14-16-34)30(36)33-27-17-23-5-1-2-6-24(23)18-27/h2-13,20,22,24,28H,14-19,21H2,1H3,(H,35,38);1-12,19,23-24H,13-18,20-21H2,(H,34,37);1-12,19,22,27H,13-18,20H2,(H,33,36). The summed E-state index contributed by atoms with van der Waals surface area (Å²) in [4.78, 5) is 86.0. The first-order valence-corrected chi connectivity index (χ1v) is 41.6. The topological polar surface area (TPSA) is 163 Å². The summed E-state index contributed by atoms with van der Waals surface area (Å²) in [5.74, 6) is 1.23. The minimum atomic E-state index is -0.0554. The zero-order chi connectivity index (χ0) is 78.3. The molecule has 3 N–H and O–H groups in total. The normalized spacial score (nSPS) is 16.4. The summed E-state index contributed by atoms with van der Waals surface area (Å²) in [7, 11) is 0. The number of likely N-dealkylation sites (tertiary alicyclic amines) is 3. The van der Waals surface area contributed by atoms with Gasteiger partial charge in [0.1, 0.15) is 17.1 Å². The number of nitrogens with one attached hydrogen (secondary N) is 3.